The summed E-state index contributed by atoms with van der Waals surface area (Å²) in [5, 5.41) is 10.5. The Morgan fingerprint density at radius 1 is 1.04 bits per heavy atom. The average Bonchev–Trinajstić information content (AvgIpc) is 2.62. The predicted molar refractivity (Wildman–Crippen MR) is 91.2 cm³/mol. The van der Waals surface area contributed by atoms with Gasteiger partial charge in [-0.1, -0.05) is 48.0 Å². The van der Waals surface area contributed by atoms with E-state index in [1.54, 1.807) is 0 Å². The van der Waals surface area contributed by atoms with Crippen molar-refractivity contribution in [3.63, 3.8) is 0 Å². The third kappa shape index (κ3) is 3.62. The molecule has 1 heterocycles. The molecule has 1 aliphatic rings. The highest BCUT2D eigenvalue weighted by atomic mass is 16.3. The largest absolute Gasteiger partial charge is 0.388 e. The first kappa shape index (κ1) is 15.8. The van der Waals surface area contributed by atoms with Crippen LogP contribution in [0.15, 0.2) is 54.6 Å². The van der Waals surface area contributed by atoms with Crippen molar-refractivity contribution >= 4 is 5.91 Å². The molecule has 0 aliphatic carbocycles. The number of amides is 1. The van der Waals surface area contributed by atoms with Crippen LogP contribution in [0.2, 0.25) is 0 Å². The number of nitrogens with zero attached hydrogens (tertiary/aromatic N) is 1. The van der Waals surface area contributed by atoms with Gasteiger partial charge in [0.2, 0.25) is 0 Å². The summed E-state index contributed by atoms with van der Waals surface area (Å²) < 4.78 is 0. The molecule has 3 heteroatoms. The van der Waals surface area contributed by atoms with Crippen molar-refractivity contribution in [1.82, 2.24) is 4.90 Å². The maximum atomic E-state index is 12.5. The summed E-state index contributed by atoms with van der Waals surface area (Å²) in [6.45, 7) is 3.44. The van der Waals surface area contributed by atoms with E-state index < -0.39 is 6.10 Å². The molecule has 23 heavy (non-hydrogen) atoms. The second kappa shape index (κ2) is 6.97. The minimum atomic E-state index is -0.437. The van der Waals surface area contributed by atoms with Crippen molar-refractivity contribution in [2.45, 2.75) is 25.9 Å². The minimum Gasteiger partial charge on any atom is -0.388 e. The molecule has 2 aromatic carbocycles. The second-order valence-corrected chi connectivity index (χ2v) is 6.35. The van der Waals surface area contributed by atoms with Gasteiger partial charge in [0.1, 0.15) is 0 Å². The lowest BCUT2D eigenvalue weighted by Gasteiger charge is -2.34. The van der Waals surface area contributed by atoms with Crippen LogP contribution in [-0.2, 0) is 0 Å². The number of benzene rings is 2. The van der Waals surface area contributed by atoms with Gasteiger partial charge >= 0.3 is 0 Å². The van der Waals surface area contributed by atoms with Crippen LogP contribution < -0.4 is 0 Å². The predicted octanol–water partition coefficient (Wildman–Crippen LogP) is 3.58. The van der Waals surface area contributed by atoms with E-state index >= 15 is 0 Å². The van der Waals surface area contributed by atoms with E-state index in [4.69, 9.17) is 0 Å². The quantitative estimate of drug-likeness (QED) is 0.941. The molecular weight excluding hydrogens is 286 g/mol. The van der Waals surface area contributed by atoms with Crippen LogP contribution in [0.1, 0.15) is 40.4 Å². The maximum Gasteiger partial charge on any atom is 0.253 e. The van der Waals surface area contributed by atoms with Gasteiger partial charge in [0.05, 0.1) is 6.10 Å². The summed E-state index contributed by atoms with van der Waals surface area (Å²) >= 11 is 0. The Bertz CT molecular complexity index is 643. The Morgan fingerprint density at radius 3 is 2.26 bits per heavy atom. The SMILES string of the molecule is Cc1ccc(C(=O)N2CCC([C@H](O)c3ccccc3)CC2)cc1. The van der Waals surface area contributed by atoms with Crippen molar-refractivity contribution in [3.8, 4) is 0 Å². The molecule has 0 radical (unpaired) electrons. The first-order chi connectivity index (χ1) is 11.1. The number of aliphatic hydroxyl groups excluding tert-OH is 1. The Kier molecular flexibility index (Phi) is 4.77. The zero-order valence-corrected chi connectivity index (χ0v) is 13.5. The van der Waals surface area contributed by atoms with Gasteiger partial charge in [-0.25, -0.2) is 0 Å². The highest BCUT2D eigenvalue weighted by Crippen LogP contribution is 2.31. The number of aryl methyl sites for hydroxylation is 1. The topological polar surface area (TPSA) is 40.5 Å². The Labute approximate surface area is 137 Å². The van der Waals surface area contributed by atoms with Crippen LogP contribution in [0.3, 0.4) is 0 Å². The van der Waals surface area contributed by atoms with Crippen LogP contribution in [0.25, 0.3) is 0 Å². The highest BCUT2D eigenvalue weighted by Gasteiger charge is 2.28. The third-order valence-electron chi connectivity index (χ3n) is 4.71. The fourth-order valence-electron chi connectivity index (χ4n) is 3.22. The Hall–Kier alpha value is -2.13. The van der Waals surface area contributed by atoms with Gasteiger partial charge in [-0.2, -0.15) is 0 Å². The monoisotopic (exact) mass is 309 g/mol. The van der Waals surface area contributed by atoms with Crippen LogP contribution in [-0.4, -0.2) is 29.0 Å². The molecule has 1 amide bonds. The van der Waals surface area contributed by atoms with Gasteiger partial charge in [-0.3, -0.25) is 4.79 Å². The van der Waals surface area contributed by atoms with Crippen molar-refractivity contribution in [1.29, 1.82) is 0 Å². The average molecular weight is 309 g/mol. The van der Waals surface area contributed by atoms with Gasteiger partial charge in [0.25, 0.3) is 5.91 Å². The number of aliphatic hydroxyl groups is 1. The number of carbonyl (C=O) groups excluding carboxylic acids is 1. The summed E-state index contributed by atoms with van der Waals surface area (Å²) in [6.07, 6.45) is 1.24. The van der Waals surface area contributed by atoms with Gasteiger partial charge in [0, 0.05) is 18.7 Å². The number of hydrogen-bond donors (Lipinski definition) is 1. The molecular formula is C20H23NO2. The Balaban J connectivity index is 1.60. The molecule has 1 N–H and O–H groups in total. The van der Waals surface area contributed by atoms with E-state index in [2.05, 4.69) is 0 Å². The lowest BCUT2D eigenvalue weighted by Crippen LogP contribution is -2.39. The summed E-state index contributed by atoms with van der Waals surface area (Å²) in [5.41, 5.74) is 2.87. The molecule has 0 spiro atoms. The highest BCUT2D eigenvalue weighted by molar-refractivity contribution is 5.94. The molecule has 3 nitrogen and oxygen atoms in total. The summed E-state index contributed by atoms with van der Waals surface area (Å²) in [6, 6.07) is 17.5. The minimum absolute atomic E-state index is 0.0950. The number of hydrogen-bond acceptors (Lipinski definition) is 2. The molecule has 0 unspecified atom stereocenters. The van der Waals surface area contributed by atoms with Crippen LogP contribution in [0.4, 0.5) is 0 Å². The lowest BCUT2D eigenvalue weighted by molar-refractivity contribution is 0.0462. The number of likely N-dealkylation sites (tertiary alicyclic amines) is 1. The normalized spacial score (nSPS) is 17.0. The molecule has 3 rings (SSSR count). The molecule has 1 saturated heterocycles. The van der Waals surface area contributed by atoms with E-state index in [9.17, 15) is 9.90 Å². The van der Waals surface area contributed by atoms with Crippen molar-refractivity contribution in [2.75, 3.05) is 13.1 Å². The smallest absolute Gasteiger partial charge is 0.253 e. The van der Waals surface area contributed by atoms with Gasteiger partial charge in [0.15, 0.2) is 0 Å². The lowest BCUT2D eigenvalue weighted by atomic mass is 9.87. The fourth-order valence-corrected chi connectivity index (χ4v) is 3.22. The number of carbonyl (C=O) groups is 1. The Morgan fingerprint density at radius 2 is 1.65 bits per heavy atom. The van der Waals surface area contributed by atoms with E-state index in [1.165, 1.54) is 0 Å². The molecule has 1 fully saturated rings. The zero-order chi connectivity index (χ0) is 16.2. The first-order valence-electron chi connectivity index (χ1n) is 8.24. The van der Waals surface area contributed by atoms with Gasteiger partial charge < -0.3 is 10.0 Å². The summed E-state index contributed by atoms with van der Waals surface area (Å²) in [4.78, 5) is 14.4. The van der Waals surface area contributed by atoms with Gasteiger partial charge in [-0.05, 0) is 43.4 Å². The van der Waals surface area contributed by atoms with E-state index in [0.717, 1.165) is 29.5 Å². The first-order valence-corrected chi connectivity index (χ1v) is 8.24. The summed E-state index contributed by atoms with van der Waals surface area (Å²) in [5.74, 6) is 0.317. The van der Waals surface area contributed by atoms with E-state index in [1.807, 2.05) is 66.4 Å². The third-order valence-corrected chi connectivity index (χ3v) is 4.71. The summed E-state index contributed by atoms with van der Waals surface area (Å²) in [7, 11) is 0. The zero-order valence-electron chi connectivity index (χ0n) is 13.5. The molecule has 0 bridgehead atoms. The van der Waals surface area contributed by atoms with Crippen LogP contribution in [0, 0.1) is 12.8 Å². The number of piperidine rings is 1. The van der Waals surface area contributed by atoms with Crippen molar-refractivity contribution in [2.24, 2.45) is 5.92 Å². The van der Waals surface area contributed by atoms with Crippen molar-refractivity contribution < 1.29 is 9.90 Å². The molecule has 1 atom stereocenters. The van der Waals surface area contributed by atoms with Crippen LogP contribution >= 0.6 is 0 Å². The molecule has 120 valence electrons. The maximum absolute atomic E-state index is 12.5. The van der Waals surface area contributed by atoms with E-state index in [-0.39, 0.29) is 11.8 Å². The standard InChI is InChI=1S/C20H23NO2/c1-15-7-9-18(10-8-15)20(23)21-13-11-17(12-14-21)19(22)16-5-3-2-4-6-16/h2-10,17,19,22H,11-14H2,1H3/t19-/m1/s1. The number of rotatable bonds is 3. The molecule has 1 aliphatic heterocycles. The molecule has 0 saturated carbocycles. The van der Waals surface area contributed by atoms with E-state index in [0.29, 0.717) is 13.1 Å². The van der Waals surface area contributed by atoms with Crippen LogP contribution in [0.5, 0.6) is 0 Å². The second-order valence-electron chi connectivity index (χ2n) is 6.35. The molecule has 2 aromatic rings. The fraction of sp³-hybridized carbons (Fsp3) is 0.350. The molecule has 0 aromatic heterocycles. The van der Waals surface area contributed by atoms with Gasteiger partial charge in [-0.15, -0.1) is 0 Å². The van der Waals surface area contributed by atoms with Crippen molar-refractivity contribution in [3.05, 3.63) is 71.3 Å².